The van der Waals surface area contributed by atoms with Gasteiger partial charge >= 0.3 is 0 Å². The van der Waals surface area contributed by atoms with Crippen molar-refractivity contribution >= 4 is 10.9 Å². The Kier molecular flexibility index (Phi) is 4.98. The maximum Gasteiger partial charge on any atom is 0.165 e. The standard InChI is InChI=1S/C18H26FO2S/c1-14(2)18(7-3-4-8-18)21-17-13-15(5-6-16(17)19)22-11-9-20-10-12-22/h5-6,13-14H,3-4,7-12H2,1-2H3/q+1. The van der Waals surface area contributed by atoms with E-state index in [2.05, 4.69) is 13.8 Å². The smallest absolute Gasteiger partial charge is 0.165 e. The second kappa shape index (κ2) is 6.79. The quantitative estimate of drug-likeness (QED) is 0.773. The Morgan fingerprint density at radius 3 is 2.50 bits per heavy atom. The van der Waals surface area contributed by atoms with E-state index < -0.39 is 0 Å². The molecular weight excluding hydrogens is 299 g/mol. The molecule has 2 fully saturated rings. The highest BCUT2D eigenvalue weighted by atomic mass is 32.2. The van der Waals surface area contributed by atoms with E-state index in [1.54, 1.807) is 6.07 Å². The Balaban J connectivity index is 1.83. The van der Waals surface area contributed by atoms with Gasteiger partial charge in [0.1, 0.15) is 17.1 Å². The summed E-state index contributed by atoms with van der Waals surface area (Å²) >= 11 is 0. The topological polar surface area (TPSA) is 18.5 Å². The second-order valence-electron chi connectivity index (χ2n) is 6.63. The molecule has 0 aromatic heterocycles. The summed E-state index contributed by atoms with van der Waals surface area (Å²) in [6.07, 6.45) is 4.43. The van der Waals surface area contributed by atoms with E-state index in [-0.39, 0.29) is 22.3 Å². The van der Waals surface area contributed by atoms with E-state index in [1.807, 2.05) is 12.1 Å². The van der Waals surface area contributed by atoms with Gasteiger partial charge in [0.2, 0.25) is 0 Å². The summed E-state index contributed by atoms with van der Waals surface area (Å²) in [5, 5.41) is 0. The van der Waals surface area contributed by atoms with Crippen molar-refractivity contribution in [3.63, 3.8) is 0 Å². The number of benzene rings is 1. The van der Waals surface area contributed by atoms with Crippen molar-refractivity contribution in [2.24, 2.45) is 5.92 Å². The first-order valence-electron chi connectivity index (χ1n) is 8.34. The van der Waals surface area contributed by atoms with E-state index in [1.165, 1.54) is 17.7 Å². The summed E-state index contributed by atoms with van der Waals surface area (Å²) in [5.74, 6) is 2.71. The molecule has 1 aromatic carbocycles. The normalized spacial score (nSPS) is 22.2. The fourth-order valence-electron chi connectivity index (χ4n) is 3.49. The molecule has 0 bridgehead atoms. The lowest BCUT2D eigenvalue weighted by Crippen LogP contribution is -2.38. The van der Waals surface area contributed by atoms with Gasteiger partial charge in [0.15, 0.2) is 16.5 Å². The molecule has 1 saturated carbocycles. The summed E-state index contributed by atoms with van der Waals surface area (Å²) in [4.78, 5) is 1.22. The number of halogens is 1. The average molecular weight is 325 g/mol. The zero-order chi connectivity index (χ0) is 15.6. The molecule has 0 unspecified atom stereocenters. The molecule has 1 saturated heterocycles. The van der Waals surface area contributed by atoms with Crippen molar-refractivity contribution in [3.05, 3.63) is 24.0 Å². The highest BCUT2D eigenvalue weighted by molar-refractivity contribution is 7.97. The van der Waals surface area contributed by atoms with E-state index in [0.717, 1.165) is 37.6 Å². The first-order chi connectivity index (χ1) is 10.6. The predicted octanol–water partition coefficient (Wildman–Crippen LogP) is 4.18. The molecule has 1 heterocycles. The molecule has 0 radical (unpaired) electrons. The van der Waals surface area contributed by atoms with Crippen LogP contribution in [0.2, 0.25) is 0 Å². The Morgan fingerprint density at radius 2 is 1.86 bits per heavy atom. The van der Waals surface area contributed by atoms with Gasteiger partial charge in [-0.25, -0.2) is 4.39 Å². The first-order valence-corrected chi connectivity index (χ1v) is 9.91. The van der Waals surface area contributed by atoms with Crippen LogP contribution in [0.15, 0.2) is 23.1 Å². The van der Waals surface area contributed by atoms with Gasteiger partial charge in [0.05, 0.1) is 13.2 Å². The van der Waals surface area contributed by atoms with Gasteiger partial charge in [-0.05, 0) is 43.7 Å². The number of hydrogen-bond donors (Lipinski definition) is 0. The molecule has 0 atom stereocenters. The number of hydrogen-bond acceptors (Lipinski definition) is 2. The lowest BCUT2D eigenvalue weighted by Gasteiger charge is -2.34. The predicted molar refractivity (Wildman–Crippen MR) is 89.2 cm³/mol. The van der Waals surface area contributed by atoms with E-state index in [9.17, 15) is 4.39 Å². The van der Waals surface area contributed by atoms with Gasteiger partial charge < -0.3 is 9.47 Å². The van der Waals surface area contributed by atoms with Crippen molar-refractivity contribution in [2.45, 2.75) is 50.0 Å². The summed E-state index contributed by atoms with van der Waals surface area (Å²) in [6.45, 7) is 6.00. The fourth-order valence-corrected chi connectivity index (χ4v) is 5.34. The highest BCUT2D eigenvalue weighted by Gasteiger charge is 2.40. The Bertz CT molecular complexity index is 506. The molecule has 122 valence electrons. The summed E-state index contributed by atoms with van der Waals surface area (Å²) < 4.78 is 26.0. The SMILES string of the molecule is CC(C)C1(Oc2cc([S+]3CCOCC3)ccc2F)CCCC1. The van der Waals surface area contributed by atoms with Crippen LogP contribution in [-0.2, 0) is 15.6 Å². The molecule has 2 aliphatic rings. The van der Waals surface area contributed by atoms with Crippen molar-refractivity contribution in [3.8, 4) is 5.75 Å². The van der Waals surface area contributed by atoms with Crippen LogP contribution >= 0.6 is 0 Å². The Labute approximate surface area is 135 Å². The van der Waals surface area contributed by atoms with Crippen LogP contribution in [0, 0.1) is 11.7 Å². The number of rotatable bonds is 4. The zero-order valence-electron chi connectivity index (χ0n) is 13.6. The second-order valence-corrected chi connectivity index (χ2v) is 8.91. The van der Waals surface area contributed by atoms with Crippen molar-refractivity contribution in [1.82, 2.24) is 0 Å². The molecule has 3 rings (SSSR count). The maximum atomic E-state index is 14.3. The monoisotopic (exact) mass is 325 g/mol. The van der Waals surface area contributed by atoms with Gasteiger partial charge in [0, 0.05) is 17.0 Å². The average Bonchev–Trinajstić information content (AvgIpc) is 3.00. The molecule has 0 amide bonds. The Morgan fingerprint density at radius 1 is 1.18 bits per heavy atom. The minimum atomic E-state index is -0.229. The van der Waals surface area contributed by atoms with Crippen LogP contribution < -0.4 is 4.74 Å². The molecule has 1 aliphatic carbocycles. The van der Waals surface area contributed by atoms with Crippen LogP contribution in [-0.4, -0.2) is 30.3 Å². The summed E-state index contributed by atoms with van der Waals surface area (Å²) in [5.41, 5.74) is -0.182. The van der Waals surface area contributed by atoms with Gasteiger partial charge in [0.25, 0.3) is 0 Å². The molecule has 22 heavy (non-hydrogen) atoms. The van der Waals surface area contributed by atoms with E-state index in [0.29, 0.717) is 11.7 Å². The van der Waals surface area contributed by atoms with Gasteiger partial charge in [-0.15, -0.1) is 0 Å². The van der Waals surface area contributed by atoms with Gasteiger partial charge in [-0.3, -0.25) is 0 Å². The molecule has 1 aliphatic heterocycles. The van der Waals surface area contributed by atoms with Crippen molar-refractivity contribution < 1.29 is 13.9 Å². The summed E-state index contributed by atoms with van der Waals surface area (Å²) in [7, 11) is 0.174. The molecule has 2 nitrogen and oxygen atoms in total. The highest BCUT2D eigenvalue weighted by Crippen LogP contribution is 2.41. The third-order valence-corrected chi connectivity index (χ3v) is 7.24. The lowest BCUT2D eigenvalue weighted by atomic mass is 9.88. The Hall–Kier alpha value is -0.740. The fraction of sp³-hybridized carbons (Fsp3) is 0.667. The van der Waals surface area contributed by atoms with Gasteiger partial charge in [-0.1, -0.05) is 13.8 Å². The van der Waals surface area contributed by atoms with Crippen LogP contribution in [0.5, 0.6) is 5.75 Å². The minimum absolute atomic E-state index is 0.174. The van der Waals surface area contributed by atoms with E-state index in [4.69, 9.17) is 9.47 Å². The first kappa shape index (κ1) is 16.1. The zero-order valence-corrected chi connectivity index (χ0v) is 14.4. The number of ether oxygens (including phenoxy) is 2. The van der Waals surface area contributed by atoms with Crippen molar-refractivity contribution in [2.75, 3.05) is 24.7 Å². The molecule has 4 heteroatoms. The molecule has 0 spiro atoms. The third kappa shape index (κ3) is 3.28. The van der Waals surface area contributed by atoms with Crippen LogP contribution in [0.25, 0.3) is 0 Å². The van der Waals surface area contributed by atoms with Crippen LogP contribution in [0.1, 0.15) is 39.5 Å². The minimum Gasteiger partial charge on any atom is -0.484 e. The molecular formula is C18H26FO2S+. The lowest BCUT2D eigenvalue weighted by molar-refractivity contribution is 0.0249. The summed E-state index contributed by atoms with van der Waals surface area (Å²) in [6, 6.07) is 5.45. The molecule has 1 aromatic rings. The van der Waals surface area contributed by atoms with E-state index >= 15 is 0 Å². The third-order valence-electron chi connectivity index (χ3n) is 5.00. The largest absolute Gasteiger partial charge is 0.484 e. The van der Waals surface area contributed by atoms with Crippen LogP contribution in [0.3, 0.4) is 0 Å². The van der Waals surface area contributed by atoms with Crippen molar-refractivity contribution in [1.29, 1.82) is 0 Å². The van der Waals surface area contributed by atoms with Gasteiger partial charge in [-0.2, -0.15) is 0 Å². The maximum absolute atomic E-state index is 14.3. The molecule has 0 N–H and O–H groups in total. The van der Waals surface area contributed by atoms with Crippen LogP contribution in [0.4, 0.5) is 4.39 Å².